The molecule has 0 atom stereocenters. The first-order valence-electron chi connectivity index (χ1n) is 15.3. The number of anilines is 3. The van der Waals surface area contributed by atoms with Crippen LogP contribution in [0, 0.1) is 5.41 Å². The Hall–Kier alpha value is -3.81. The highest BCUT2D eigenvalue weighted by Crippen LogP contribution is 2.36. The Balaban J connectivity index is 1.45. The number of nitrogens with one attached hydrogen (secondary N) is 1. The fraction of sp³-hybridized carbons (Fsp3) is 0.424. The van der Waals surface area contributed by atoms with Crippen LogP contribution in [0.5, 0.6) is 5.75 Å². The number of ether oxygens (including phenoxy) is 1. The first-order valence-corrected chi connectivity index (χ1v) is 17.3. The Morgan fingerprint density at radius 1 is 1.13 bits per heavy atom. The van der Waals surface area contributed by atoms with Gasteiger partial charge in [0.15, 0.2) is 29.6 Å². The van der Waals surface area contributed by atoms with Gasteiger partial charge in [-0.15, -0.1) is 11.7 Å². The molecule has 5 heterocycles. The first-order chi connectivity index (χ1) is 21.8. The molecule has 0 saturated carbocycles. The number of thiol groups is 1. The van der Waals surface area contributed by atoms with E-state index in [4.69, 9.17) is 14.7 Å². The van der Waals surface area contributed by atoms with Gasteiger partial charge in [0, 0.05) is 42.7 Å². The molecule has 1 aromatic carbocycles. The summed E-state index contributed by atoms with van der Waals surface area (Å²) in [5.74, 6) is 2.25. The molecule has 46 heavy (non-hydrogen) atoms. The molecule has 4 aromatic rings. The number of benzene rings is 1. The summed E-state index contributed by atoms with van der Waals surface area (Å²) in [6.45, 7) is 13.3. The third-order valence-corrected chi connectivity index (χ3v) is 8.86. The van der Waals surface area contributed by atoms with Gasteiger partial charge in [-0.05, 0) is 47.9 Å². The van der Waals surface area contributed by atoms with E-state index in [2.05, 4.69) is 80.7 Å². The van der Waals surface area contributed by atoms with Crippen LogP contribution in [0.4, 0.5) is 17.5 Å². The number of aromatic nitrogens is 5. The van der Waals surface area contributed by atoms with Gasteiger partial charge >= 0.3 is 0 Å². The minimum atomic E-state index is -0.248. The quantitative estimate of drug-likeness (QED) is 0.147. The third kappa shape index (κ3) is 6.40. The summed E-state index contributed by atoms with van der Waals surface area (Å²) >= 11 is 4.21. The fourth-order valence-electron chi connectivity index (χ4n) is 6.29. The van der Waals surface area contributed by atoms with Crippen LogP contribution in [-0.2, 0) is 23.3 Å². The number of fused-ring (bicyclic) bond motifs is 3. The Bertz CT molecular complexity index is 1890. The minimum Gasteiger partial charge on any atom is -0.480 e. The number of carbonyl (C=O) groups excluding carboxylic acids is 1. The largest absolute Gasteiger partial charge is 0.480 e. The van der Waals surface area contributed by atoms with Gasteiger partial charge in [-0.2, -0.15) is 4.98 Å². The molecule has 13 heteroatoms. The molecule has 0 aliphatic carbocycles. The zero-order chi connectivity index (χ0) is 32.8. The van der Waals surface area contributed by atoms with E-state index in [1.54, 1.807) is 32.6 Å². The maximum atomic E-state index is 13.8. The lowest BCUT2D eigenvalue weighted by Gasteiger charge is -2.38. The summed E-state index contributed by atoms with van der Waals surface area (Å²) in [7, 11) is 3.53. The Labute approximate surface area is 277 Å². The van der Waals surface area contributed by atoms with Gasteiger partial charge in [0.05, 0.1) is 6.54 Å². The predicted molar refractivity (Wildman–Crippen MR) is 188 cm³/mol. The predicted octanol–water partition coefficient (Wildman–Crippen LogP) is 5.35. The van der Waals surface area contributed by atoms with Crippen LogP contribution in [0.2, 0.25) is 0 Å². The molecule has 0 saturated heterocycles. The Morgan fingerprint density at radius 2 is 1.93 bits per heavy atom. The van der Waals surface area contributed by atoms with Crippen LogP contribution in [0.1, 0.15) is 45.7 Å². The maximum absolute atomic E-state index is 13.8. The van der Waals surface area contributed by atoms with Crippen molar-refractivity contribution in [3.8, 4) is 11.6 Å². The lowest BCUT2D eigenvalue weighted by molar-refractivity contribution is -0.121. The van der Waals surface area contributed by atoms with Gasteiger partial charge in [0.25, 0.3) is 11.5 Å². The zero-order valence-electron chi connectivity index (χ0n) is 27.1. The number of amides is 1. The highest BCUT2D eigenvalue weighted by Gasteiger charge is 2.32. The van der Waals surface area contributed by atoms with Gasteiger partial charge < -0.3 is 15.0 Å². The third-order valence-electron chi connectivity index (χ3n) is 8.07. The van der Waals surface area contributed by atoms with E-state index in [0.29, 0.717) is 46.7 Å². The lowest BCUT2D eigenvalue weighted by Crippen LogP contribution is -2.44. The van der Waals surface area contributed by atoms with Crippen LogP contribution in [0.25, 0.3) is 16.9 Å². The highest BCUT2D eigenvalue weighted by atomic mass is 33.1. The van der Waals surface area contributed by atoms with E-state index in [1.165, 1.54) is 21.9 Å². The van der Waals surface area contributed by atoms with Gasteiger partial charge in [-0.25, -0.2) is 19.3 Å². The van der Waals surface area contributed by atoms with Crippen LogP contribution in [0.15, 0.2) is 53.5 Å². The normalized spacial score (nSPS) is 16.5. The lowest BCUT2D eigenvalue weighted by atomic mass is 9.78. The number of hydrogen-bond acceptors (Lipinski definition) is 10. The molecule has 3 aromatic heterocycles. The average Bonchev–Trinajstić information content (AvgIpc) is 3.25. The minimum absolute atomic E-state index is 0.0477. The molecule has 0 unspecified atom stereocenters. The van der Waals surface area contributed by atoms with E-state index >= 15 is 0 Å². The molecule has 11 nitrogen and oxygen atoms in total. The standard InChI is InChI=1S/C33H40N8O3S2/c1-32(2,3)19-39-27(42)18-44-25-11-12-26(36-29(25)39)41-28-23(30(43)40(41)13-7-8-14-46-45)16-34-31(37-28)35-22-9-10-24-21(15-22)17-38(6)20-33(24,4)5/h7-12,15-16,45H,13-14,17-20H2,1-6H3,(H,34,35,37)/b8-7-. The molecule has 2 aliphatic rings. The average molecular weight is 661 g/mol. The van der Waals surface area contributed by atoms with Crippen molar-refractivity contribution in [1.29, 1.82) is 0 Å². The molecule has 0 bridgehead atoms. The van der Waals surface area contributed by atoms with Crippen LogP contribution < -0.4 is 20.5 Å². The first kappa shape index (κ1) is 32.1. The molecule has 0 spiro atoms. The van der Waals surface area contributed by atoms with Crippen LogP contribution in [-0.4, -0.2) is 67.6 Å². The van der Waals surface area contributed by atoms with E-state index in [9.17, 15) is 9.59 Å². The Kier molecular flexibility index (Phi) is 8.68. The van der Waals surface area contributed by atoms with Crippen molar-refractivity contribution in [3.63, 3.8) is 0 Å². The number of nitrogens with zero attached hydrogens (tertiary/aromatic N) is 7. The van der Waals surface area contributed by atoms with Gasteiger partial charge in [-0.1, -0.05) is 63.6 Å². The summed E-state index contributed by atoms with van der Waals surface area (Å²) < 4.78 is 9.01. The summed E-state index contributed by atoms with van der Waals surface area (Å²) in [5, 5.41) is 3.72. The van der Waals surface area contributed by atoms with Crippen molar-refractivity contribution in [1.82, 2.24) is 29.2 Å². The molecule has 0 fully saturated rings. The van der Waals surface area contributed by atoms with Gasteiger partial charge in [-0.3, -0.25) is 14.5 Å². The molecule has 0 radical (unpaired) electrons. The zero-order valence-corrected chi connectivity index (χ0v) is 28.8. The molecule has 1 amide bonds. The van der Waals surface area contributed by atoms with Crippen molar-refractivity contribution in [2.24, 2.45) is 5.41 Å². The summed E-state index contributed by atoms with van der Waals surface area (Å²) in [6, 6.07) is 9.94. The summed E-state index contributed by atoms with van der Waals surface area (Å²) in [6.07, 6.45) is 5.42. The van der Waals surface area contributed by atoms with Crippen molar-refractivity contribution in [2.75, 3.05) is 42.7 Å². The van der Waals surface area contributed by atoms with Gasteiger partial charge in [0.1, 0.15) is 5.39 Å². The smallest absolute Gasteiger partial charge is 0.278 e. The van der Waals surface area contributed by atoms with Crippen molar-refractivity contribution < 1.29 is 9.53 Å². The molecule has 242 valence electrons. The molecular formula is C33H40N8O3S2. The van der Waals surface area contributed by atoms with Crippen LogP contribution in [0.3, 0.4) is 0 Å². The molecule has 2 aliphatic heterocycles. The second kappa shape index (κ2) is 12.4. The summed E-state index contributed by atoms with van der Waals surface area (Å²) in [4.78, 5) is 45.0. The number of carbonyl (C=O) groups is 1. The number of likely N-dealkylation sites (N-methyl/N-ethyl adjacent to an activating group) is 1. The van der Waals surface area contributed by atoms with Crippen LogP contribution >= 0.6 is 22.5 Å². The highest BCUT2D eigenvalue weighted by molar-refractivity contribution is 8.68. The SMILES string of the molecule is CN1Cc2cc(Nc3ncc4c(=O)n(C/C=C\CSS)n(-c5ccc6c(n5)N(CC(C)(C)C)C(=O)CO6)c4n3)ccc2C(C)(C)C1. The number of rotatable bonds is 8. The van der Waals surface area contributed by atoms with E-state index < -0.39 is 0 Å². The molecular weight excluding hydrogens is 621 g/mol. The second-order valence-corrected chi connectivity index (χ2v) is 15.1. The van der Waals surface area contributed by atoms with E-state index in [0.717, 1.165) is 18.8 Å². The summed E-state index contributed by atoms with van der Waals surface area (Å²) in [5.41, 5.74) is 3.49. The molecule has 6 rings (SSSR count). The maximum Gasteiger partial charge on any atom is 0.278 e. The van der Waals surface area contributed by atoms with Crippen molar-refractivity contribution >= 4 is 56.8 Å². The number of pyridine rings is 1. The van der Waals surface area contributed by atoms with E-state index in [-0.39, 0.29) is 35.4 Å². The van der Waals surface area contributed by atoms with Crippen molar-refractivity contribution in [3.05, 3.63) is 70.2 Å². The fourth-order valence-corrected chi connectivity index (χ4v) is 6.77. The number of hydrogen-bond donors (Lipinski definition) is 2. The second-order valence-electron chi connectivity index (χ2n) is 13.8. The topological polar surface area (TPSA) is 110 Å². The van der Waals surface area contributed by atoms with E-state index in [1.807, 2.05) is 18.2 Å². The number of allylic oxidation sites excluding steroid dienone is 1. The Morgan fingerprint density at radius 3 is 2.70 bits per heavy atom. The van der Waals surface area contributed by atoms with Gasteiger partial charge in [0.2, 0.25) is 5.95 Å². The molecule has 1 N–H and O–H groups in total. The monoisotopic (exact) mass is 660 g/mol. The van der Waals surface area contributed by atoms with Crippen molar-refractivity contribution in [2.45, 2.75) is 53.1 Å².